The third-order valence-electron chi connectivity index (χ3n) is 1.72. The average molecular weight is 241 g/mol. The summed E-state index contributed by atoms with van der Waals surface area (Å²) in [4.78, 5) is 10.9. The number of benzene rings is 1. The highest BCUT2D eigenvalue weighted by Gasteiger charge is 2.03. The molecule has 4 heteroatoms. The van der Waals surface area contributed by atoms with Gasteiger partial charge in [-0.05, 0) is 17.5 Å². The maximum absolute atomic E-state index is 10.9. The largest absolute Gasteiger partial charge is 0.480 e. The highest BCUT2D eigenvalue weighted by molar-refractivity contribution is 9.10. The van der Waals surface area contributed by atoms with Crippen LogP contribution in [0.15, 0.2) is 37.9 Å². The number of hydrogen-bond donors (Lipinski definition) is 1. The van der Waals surface area contributed by atoms with Crippen LogP contribution in [0, 0.1) is 0 Å². The molecule has 0 aliphatic carbocycles. The molecule has 0 unspecified atom stereocenters. The molecule has 0 bridgehead atoms. The fourth-order valence-electron chi connectivity index (χ4n) is 1.15. The van der Waals surface area contributed by atoms with E-state index in [1.54, 1.807) is 18.2 Å². The standard InChI is InChI=1S/C9H5BrO3/c10-6-2-1-5-3-8(11)13-9(12)7(5)4-6/h1-4,12H. The third-order valence-corrected chi connectivity index (χ3v) is 2.21. The highest BCUT2D eigenvalue weighted by Crippen LogP contribution is 2.25. The molecule has 0 spiro atoms. The molecule has 0 saturated heterocycles. The van der Waals surface area contributed by atoms with Crippen molar-refractivity contribution in [2.45, 2.75) is 0 Å². The van der Waals surface area contributed by atoms with Crippen LogP contribution in [0.3, 0.4) is 0 Å². The quantitative estimate of drug-likeness (QED) is 0.769. The summed E-state index contributed by atoms with van der Waals surface area (Å²) < 4.78 is 5.35. The van der Waals surface area contributed by atoms with Gasteiger partial charge in [-0.25, -0.2) is 4.79 Å². The zero-order valence-corrected chi connectivity index (χ0v) is 8.04. The van der Waals surface area contributed by atoms with Crippen molar-refractivity contribution in [2.24, 2.45) is 0 Å². The summed E-state index contributed by atoms with van der Waals surface area (Å²) in [5.41, 5.74) is -0.549. The lowest BCUT2D eigenvalue weighted by atomic mass is 10.2. The SMILES string of the molecule is O=c1cc2ccc(Br)cc2c(O)o1. The predicted octanol–water partition coefficient (Wildman–Crippen LogP) is 2.26. The van der Waals surface area contributed by atoms with Crippen molar-refractivity contribution >= 4 is 26.7 Å². The Bertz CT molecular complexity index is 516. The molecule has 0 saturated carbocycles. The van der Waals surface area contributed by atoms with Gasteiger partial charge < -0.3 is 9.52 Å². The molecule has 2 aromatic rings. The molecule has 13 heavy (non-hydrogen) atoms. The first-order chi connectivity index (χ1) is 6.16. The van der Waals surface area contributed by atoms with Crippen LogP contribution in [0.4, 0.5) is 0 Å². The Kier molecular flexibility index (Phi) is 1.84. The second kappa shape index (κ2) is 2.88. The Morgan fingerprint density at radius 1 is 1.31 bits per heavy atom. The van der Waals surface area contributed by atoms with Gasteiger partial charge in [0.05, 0.1) is 5.39 Å². The van der Waals surface area contributed by atoms with Gasteiger partial charge >= 0.3 is 5.63 Å². The number of halogens is 1. The Labute approximate surface area is 81.7 Å². The maximum Gasteiger partial charge on any atom is 0.339 e. The molecular weight excluding hydrogens is 236 g/mol. The molecule has 0 amide bonds. The van der Waals surface area contributed by atoms with Gasteiger partial charge in [-0.1, -0.05) is 22.0 Å². The van der Waals surface area contributed by atoms with E-state index in [1.165, 1.54) is 6.07 Å². The Morgan fingerprint density at radius 2 is 2.08 bits per heavy atom. The maximum atomic E-state index is 10.9. The van der Waals surface area contributed by atoms with E-state index in [4.69, 9.17) is 0 Å². The zero-order chi connectivity index (χ0) is 9.42. The van der Waals surface area contributed by atoms with Crippen molar-refractivity contribution in [1.29, 1.82) is 0 Å². The number of aromatic hydroxyl groups is 1. The van der Waals surface area contributed by atoms with Crippen molar-refractivity contribution < 1.29 is 9.52 Å². The molecule has 1 aromatic carbocycles. The molecule has 0 radical (unpaired) electrons. The average Bonchev–Trinajstić information content (AvgIpc) is 2.06. The molecule has 66 valence electrons. The number of rotatable bonds is 0. The lowest BCUT2D eigenvalue weighted by Crippen LogP contribution is -1.94. The minimum absolute atomic E-state index is 0.344. The van der Waals surface area contributed by atoms with Crippen LogP contribution in [-0.4, -0.2) is 5.11 Å². The Hall–Kier alpha value is -1.29. The lowest BCUT2D eigenvalue weighted by Gasteiger charge is -1.98. The smallest absolute Gasteiger partial charge is 0.339 e. The van der Waals surface area contributed by atoms with Crippen LogP contribution in [0.1, 0.15) is 0 Å². The minimum atomic E-state index is -0.549. The molecule has 1 aromatic heterocycles. The van der Waals surface area contributed by atoms with Gasteiger partial charge in [0.1, 0.15) is 0 Å². The van der Waals surface area contributed by atoms with Crippen molar-refractivity contribution in [2.75, 3.05) is 0 Å². The normalized spacial score (nSPS) is 10.5. The van der Waals surface area contributed by atoms with Crippen LogP contribution in [-0.2, 0) is 0 Å². The second-order valence-electron chi connectivity index (χ2n) is 2.60. The summed E-state index contributed by atoms with van der Waals surface area (Å²) in [6, 6.07) is 6.55. The topological polar surface area (TPSA) is 50.4 Å². The van der Waals surface area contributed by atoms with Crippen molar-refractivity contribution in [3.8, 4) is 5.95 Å². The van der Waals surface area contributed by atoms with Gasteiger partial charge in [-0.15, -0.1) is 0 Å². The monoisotopic (exact) mass is 240 g/mol. The first kappa shape index (κ1) is 8.31. The van der Waals surface area contributed by atoms with Crippen LogP contribution in [0.2, 0.25) is 0 Å². The Balaban J connectivity index is 2.95. The zero-order valence-electron chi connectivity index (χ0n) is 6.45. The van der Waals surface area contributed by atoms with E-state index in [-0.39, 0.29) is 5.95 Å². The third kappa shape index (κ3) is 1.45. The number of hydrogen-bond acceptors (Lipinski definition) is 3. The second-order valence-corrected chi connectivity index (χ2v) is 3.52. The predicted molar refractivity (Wildman–Crippen MR) is 51.8 cm³/mol. The molecule has 1 N–H and O–H groups in total. The van der Waals surface area contributed by atoms with Crippen LogP contribution >= 0.6 is 15.9 Å². The molecule has 2 rings (SSSR count). The van der Waals surface area contributed by atoms with Crippen molar-refractivity contribution in [3.05, 3.63) is 39.2 Å². The number of fused-ring (bicyclic) bond motifs is 1. The fraction of sp³-hybridized carbons (Fsp3) is 0. The summed E-state index contributed by atoms with van der Waals surface area (Å²) in [7, 11) is 0. The summed E-state index contributed by atoms with van der Waals surface area (Å²) in [6.07, 6.45) is 0. The Morgan fingerprint density at radius 3 is 2.85 bits per heavy atom. The van der Waals surface area contributed by atoms with E-state index in [9.17, 15) is 9.90 Å². The lowest BCUT2D eigenvalue weighted by molar-refractivity contribution is 0.317. The molecule has 0 fully saturated rings. The molecule has 3 nitrogen and oxygen atoms in total. The van der Waals surface area contributed by atoms with Crippen LogP contribution in [0.5, 0.6) is 5.95 Å². The molecular formula is C9H5BrO3. The van der Waals surface area contributed by atoms with Crippen molar-refractivity contribution in [1.82, 2.24) is 0 Å². The van der Waals surface area contributed by atoms with Crippen molar-refractivity contribution in [3.63, 3.8) is 0 Å². The van der Waals surface area contributed by atoms with Crippen LogP contribution < -0.4 is 5.63 Å². The van der Waals surface area contributed by atoms with E-state index >= 15 is 0 Å². The molecule has 1 heterocycles. The van der Waals surface area contributed by atoms with Gasteiger partial charge in [-0.3, -0.25) is 0 Å². The van der Waals surface area contributed by atoms with Gasteiger partial charge in [0, 0.05) is 10.5 Å². The van der Waals surface area contributed by atoms with Gasteiger partial charge in [-0.2, -0.15) is 0 Å². The van der Waals surface area contributed by atoms with E-state index in [0.29, 0.717) is 10.8 Å². The van der Waals surface area contributed by atoms with Gasteiger partial charge in [0.25, 0.3) is 5.95 Å². The first-order valence-electron chi connectivity index (χ1n) is 3.59. The van der Waals surface area contributed by atoms with Crippen LogP contribution in [0.25, 0.3) is 10.8 Å². The highest BCUT2D eigenvalue weighted by atomic mass is 79.9. The summed E-state index contributed by atoms with van der Waals surface area (Å²) in [6.45, 7) is 0. The minimum Gasteiger partial charge on any atom is -0.480 e. The fourth-order valence-corrected chi connectivity index (χ4v) is 1.51. The summed E-state index contributed by atoms with van der Waals surface area (Å²) >= 11 is 3.25. The van der Waals surface area contributed by atoms with E-state index in [2.05, 4.69) is 20.3 Å². The van der Waals surface area contributed by atoms with E-state index in [0.717, 1.165) is 4.47 Å². The molecule has 0 aliphatic rings. The van der Waals surface area contributed by atoms with Gasteiger partial charge in [0.2, 0.25) is 0 Å². The van der Waals surface area contributed by atoms with E-state index in [1.807, 2.05) is 0 Å². The molecule has 0 aliphatic heterocycles. The summed E-state index contributed by atoms with van der Waals surface area (Å²) in [5.74, 6) is -0.344. The molecule has 0 atom stereocenters. The van der Waals surface area contributed by atoms with E-state index < -0.39 is 5.63 Å². The summed E-state index contributed by atoms with van der Waals surface area (Å²) in [5, 5.41) is 10.5. The first-order valence-corrected chi connectivity index (χ1v) is 4.38. The van der Waals surface area contributed by atoms with Gasteiger partial charge in [0.15, 0.2) is 0 Å².